The lowest BCUT2D eigenvalue weighted by molar-refractivity contribution is 0.347. The largest absolute Gasteiger partial charge is 0.508 e. The van der Waals surface area contributed by atoms with Gasteiger partial charge in [-0.2, -0.15) is 0 Å². The fourth-order valence-electron chi connectivity index (χ4n) is 1.56. The van der Waals surface area contributed by atoms with Gasteiger partial charge < -0.3 is 14.6 Å². The van der Waals surface area contributed by atoms with Gasteiger partial charge in [0, 0.05) is 5.56 Å². The zero-order valence-corrected chi connectivity index (χ0v) is 10.0. The van der Waals surface area contributed by atoms with Gasteiger partial charge in [-0.1, -0.05) is 5.57 Å². The summed E-state index contributed by atoms with van der Waals surface area (Å²) in [5.74, 6) is 1.47. The Morgan fingerprint density at radius 3 is 2.50 bits per heavy atom. The van der Waals surface area contributed by atoms with E-state index in [0.717, 1.165) is 17.6 Å². The number of hydrogen-bond acceptors (Lipinski definition) is 3. The lowest BCUT2D eigenvalue weighted by atomic mass is 10.0. The molecule has 1 aromatic rings. The van der Waals surface area contributed by atoms with E-state index in [0.29, 0.717) is 17.9 Å². The molecular formula is C13H18O3. The summed E-state index contributed by atoms with van der Waals surface area (Å²) in [5, 5.41) is 9.79. The summed E-state index contributed by atoms with van der Waals surface area (Å²) in [4.78, 5) is 0. The average molecular weight is 222 g/mol. The van der Waals surface area contributed by atoms with Gasteiger partial charge in [0.2, 0.25) is 0 Å². The Kier molecular flexibility index (Phi) is 4.23. The van der Waals surface area contributed by atoms with Gasteiger partial charge in [-0.05, 0) is 31.9 Å². The zero-order valence-electron chi connectivity index (χ0n) is 10.0. The highest BCUT2D eigenvalue weighted by atomic mass is 16.5. The van der Waals surface area contributed by atoms with E-state index in [1.54, 1.807) is 26.4 Å². The standard InChI is InChI=1S/C13H18O3/c1-9(2)5-6-10-11(14)7-8-12(15-3)13(10)16-4/h7-8,14H,1,5-6H2,2-4H3. The van der Waals surface area contributed by atoms with Crippen LogP contribution in [0.1, 0.15) is 18.9 Å². The second-order valence-corrected chi connectivity index (χ2v) is 3.76. The van der Waals surface area contributed by atoms with Gasteiger partial charge >= 0.3 is 0 Å². The van der Waals surface area contributed by atoms with E-state index in [1.165, 1.54) is 0 Å². The maximum Gasteiger partial charge on any atom is 0.167 e. The first-order chi connectivity index (χ1) is 7.60. The van der Waals surface area contributed by atoms with Crippen molar-refractivity contribution in [3.05, 3.63) is 29.8 Å². The maximum atomic E-state index is 9.79. The van der Waals surface area contributed by atoms with Crippen molar-refractivity contribution >= 4 is 0 Å². The quantitative estimate of drug-likeness (QED) is 0.778. The van der Waals surface area contributed by atoms with Crippen molar-refractivity contribution in [2.75, 3.05) is 14.2 Å². The number of ether oxygens (including phenoxy) is 2. The van der Waals surface area contributed by atoms with Crippen LogP contribution in [0, 0.1) is 0 Å². The molecular weight excluding hydrogens is 204 g/mol. The molecule has 1 N–H and O–H groups in total. The third-order valence-electron chi connectivity index (χ3n) is 2.43. The number of benzene rings is 1. The Labute approximate surface area is 96.3 Å². The number of phenols is 1. The zero-order chi connectivity index (χ0) is 12.1. The van der Waals surface area contributed by atoms with Gasteiger partial charge in [-0.15, -0.1) is 6.58 Å². The fourth-order valence-corrected chi connectivity index (χ4v) is 1.56. The summed E-state index contributed by atoms with van der Waals surface area (Å²) in [6, 6.07) is 3.31. The highest BCUT2D eigenvalue weighted by Crippen LogP contribution is 2.37. The van der Waals surface area contributed by atoms with Gasteiger partial charge in [0.25, 0.3) is 0 Å². The molecule has 3 heteroatoms. The van der Waals surface area contributed by atoms with Gasteiger partial charge in [0.15, 0.2) is 11.5 Å². The van der Waals surface area contributed by atoms with Gasteiger partial charge in [-0.3, -0.25) is 0 Å². The van der Waals surface area contributed by atoms with Crippen LogP contribution < -0.4 is 9.47 Å². The van der Waals surface area contributed by atoms with Crippen LogP contribution in [-0.4, -0.2) is 19.3 Å². The van der Waals surface area contributed by atoms with Crippen LogP contribution in [0.25, 0.3) is 0 Å². The SMILES string of the molecule is C=C(C)CCc1c(O)ccc(OC)c1OC. The molecule has 0 bridgehead atoms. The van der Waals surface area contributed by atoms with E-state index in [-0.39, 0.29) is 5.75 Å². The number of methoxy groups -OCH3 is 2. The van der Waals surface area contributed by atoms with E-state index in [9.17, 15) is 5.11 Å². The topological polar surface area (TPSA) is 38.7 Å². The lowest BCUT2D eigenvalue weighted by Gasteiger charge is -2.14. The van der Waals surface area contributed by atoms with Crippen molar-refractivity contribution in [3.63, 3.8) is 0 Å². The molecule has 0 atom stereocenters. The molecule has 0 spiro atoms. The van der Waals surface area contributed by atoms with Crippen LogP contribution in [0.15, 0.2) is 24.3 Å². The molecule has 0 aliphatic heterocycles. The molecule has 0 saturated carbocycles. The minimum Gasteiger partial charge on any atom is -0.508 e. The minimum absolute atomic E-state index is 0.235. The van der Waals surface area contributed by atoms with Crippen LogP contribution in [0.5, 0.6) is 17.2 Å². The van der Waals surface area contributed by atoms with Crippen LogP contribution in [0.3, 0.4) is 0 Å². The van der Waals surface area contributed by atoms with Crippen LogP contribution >= 0.6 is 0 Å². The Balaban J connectivity index is 3.07. The van der Waals surface area contributed by atoms with Gasteiger partial charge in [0.1, 0.15) is 5.75 Å². The molecule has 0 aliphatic carbocycles. The molecule has 0 unspecified atom stereocenters. The highest BCUT2D eigenvalue weighted by Gasteiger charge is 2.14. The van der Waals surface area contributed by atoms with E-state index in [2.05, 4.69) is 6.58 Å². The Bertz CT molecular complexity index is 383. The van der Waals surface area contributed by atoms with Crippen molar-refractivity contribution in [1.82, 2.24) is 0 Å². The fraction of sp³-hybridized carbons (Fsp3) is 0.385. The molecule has 1 aromatic carbocycles. The molecule has 0 aromatic heterocycles. The molecule has 0 saturated heterocycles. The normalized spacial score (nSPS) is 9.94. The monoisotopic (exact) mass is 222 g/mol. The Hall–Kier alpha value is -1.64. The molecule has 16 heavy (non-hydrogen) atoms. The Morgan fingerprint density at radius 2 is 2.00 bits per heavy atom. The minimum atomic E-state index is 0.235. The molecule has 1 rings (SSSR count). The first-order valence-electron chi connectivity index (χ1n) is 5.17. The van der Waals surface area contributed by atoms with Crippen molar-refractivity contribution in [2.45, 2.75) is 19.8 Å². The first kappa shape index (κ1) is 12.4. The number of phenolic OH excluding ortho intramolecular Hbond substituents is 1. The average Bonchev–Trinajstić information content (AvgIpc) is 2.26. The summed E-state index contributed by atoms with van der Waals surface area (Å²) < 4.78 is 10.4. The van der Waals surface area contributed by atoms with E-state index >= 15 is 0 Å². The summed E-state index contributed by atoms with van der Waals surface area (Å²) >= 11 is 0. The summed E-state index contributed by atoms with van der Waals surface area (Å²) in [5.41, 5.74) is 1.84. The summed E-state index contributed by atoms with van der Waals surface area (Å²) in [7, 11) is 3.15. The van der Waals surface area contributed by atoms with Crippen molar-refractivity contribution < 1.29 is 14.6 Å². The predicted molar refractivity (Wildman–Crippen MR) is 64.3 cm³/mol. The molecule has 0 heterocycles. The summed E-state index contributed by atoms with van der Waals surface area (Å²) in [6.07, 6.45) is 1.51. The van der Waals surface area contributed by atoms with Crippen molar-refractivity contribution in [1.29, 1.82) is 0 Å². The molecule has 3 nitrogen and oxygen atoms in total. The van der Waals surface area contributed by atoms with Crippen LogP contribution in [0.4, 0.5) is 0 Å². The van der Waals surface area contributed by atoms with Crippen molar-refractivity contribution in [3.8, 4) is 17.2 Å². The molecule has 88 valence electrons. The third kappa shape index (κ3) is 2.69. The number of aromatic hydroxyl groups is 1. The highest BCUT2D eigenvalue weighted by molar-refractivity contribution is 5.53. The van der Waals surface area contributed by atoms with Gasteiger partial charge in [-0.25, -0.2) is 0 Å². The van der Waals surface area contributed by atoms with Crippen molar-refractivity contribution in [2.24, 2.45) is 0 Å². The van der Waals surface area contributed by atoms with E-state index in [1.807, 2.05) is 6.92 Å². The number of hydrogen-bond donors (Lipinski definition) is 1. The lowest BCUT2D eigenvalue weighted by Crippen LogP contribution is -1.97. The maximum absolute atomic E-state index is 9.79. The molecule has 0 radical (unpaired) electrons. The summed E-state index contributed by atoms with van der Waals surface area (Å²) in [6.45, 7) is 5.81. The first-order valence-corrected chi connectivity index (χ1v) is 5.17. The van der Waals surface area contributed by atoms with E-state index in [4.69, 9.17) is 9.47 Å². The van der Waals surface area contributed by atoms with E-state index < -0.39 is 0 Å². The molecule has 0 amide bonds. The predicted octanol–water partition coefficient (Wildman–Crippen LogP) is 2.92. The second kappa shape index (κ2) is 5.45. The van der Waals surface area contributed by atoms with Crippen LogP contribution in [0.2, 0.25) is 0 Å². The third-order valence-corrected chi connectivity index (χ3v) is 2.43. The molecule has 0 aliphatic rings. The van der Waals surface area contributed by atoms with Gasteiger partial charge in [0.05, 0.1) is 14.2 Å². The second-order valence-electron chi connectivity index (χ2n) is 3.76. The smallest absolute Gasteiger partial charge is 0.167 e. The molecule has 0 fully saturated rings. The number of allylic oxidation sites excluding steroid dienone is 1. The Morgan fingerprint density at radius 1 is 1.31 bits per heavy atom. The number of rotatable bonds is 5. The van der Waals surface area contributed by atoms with Crippen LogP contribution in [-0.2, 0) is 6.42 Å².